The van der Waals surface area contributed by atoms with Gasteiger partial charge in [-0.15, -0.1) is 0 Å². The van der Waals surface area contributed by atoms with Crippen molar-refractivity contribution < 1.29 is 4.74 Å². The summed E-state index contributed by atoms with van der Waals surface area (Å²) >= 11 is 0. The molecule has 0 saturated heterocycles. The smallest absolute Gasteiger partial charge is 0.0665 e. The van der Waals surface area contributed by atoms with E-state index in [1.54, 1.807) is 0 Å². The number of hydrogen-bond donors (Lipinski definition) is 1. The standard InChI is InChI=1S/C14H21NO/c1-15-14(12-7-3-2-4-8-12)11-16-13-9-5-6-10-13/h2-4,7-8,13-15H,5-6,9-11H2,1H3. The Bertz CT molecular complexity index is 293. The SMILES string of the molecule is CNC(COC1CCCC1)c1ccccc1. The van der Waals surface area contributed by atoms with E-state index >= 15 is 0 Å². The van der Waals surface area contributed by atoms with Crippen LogP contribution in [0.15, 0.2) is 30.3 Å². The highest BCUT2D eigenvalue weighted by molar-refractivity contribution is 5.18. The first kappa shape index (κ1) is 11.6. The second-order valence-electron chi connectivity index (χ2n) is 4.49. The number of likely N-dealkylation sites (N-methyl/N-ethyl adjacent to an activating group) is 1. The van der Waals surface area contributed by atoms with E-state index < -0.39 is 0 Å². The van der Waals surface area contributed by atoms with Crippen LogP contribution < -0.4 is 5.32 Å². The van der Waals surface area contributed by atoms with Crippen LogP contribution in [-0.4, -0.2) is 19.8 Å². The van der Waals surface area contributed by atoms with Crippen LogP contribution in [0.4, 0.5) is 0 Å². The highest BCUT2D eigenvalue weighted by atomic mass is 16.5. The zero-order valence-corrected chi connectivity index (χ0v) is 9.99. The van der Waals surface area contributed by atoms with Gasteiger partial charge in [0, 0.05) is 0 Å². The predicted octanol–water partition coefficient (Wildman–Crippen LogP) is 2.91. The van der Waals surface area contributed by atoms with Crippen molar-refractivity contribution in [3.63, 3.8) is 0 Å². The first-order chi connectivity index (χ1) is 7.90. The molecule has 2 rings (SSSR count). The molecule has 1 N–H and O–H groups in total. The van der Waals surface area contributed by atoms with Crippen LogP contribution in [0.25, 0.3) is 0 Å². The topological polar surface area (TPSA) is 21.3 Å². The Hall–Kier alpha value is -0.860. The van der Waals surface area contributed by atoms with Crippen LogP contribution in [0.1, 0.15) is 37.3 Å². The summed E-state index contributed by atoms with van der Waals surface area (Å²) in [4.78, 5) is 0. The van der Waals surface area contributed by atoms with Gasteiger partial charge in [-0.2, -0.15) is 0 Å². The molecule has 0 heterocycles. The number of hydrogen-bond acceptors (Lipinski definition) is 2. The van der Waals surface area contributed by atoms with Gasteiger partial charge < -0.3 is 10.1 Å². The summed E-state index contributed by atoms with van der Waals surface area (Å²) in [6, 6.07) is 10.8. The van der Waals surface area contributed by atoms with Crippen molar-refractivity contribution in [2.45, 2.75) is 37.8 Å². The zero-order valence-electron chi connectivity index (χ0n) is 9.99. The molecule has 0 aromatic heterocycles. The summed E-state index contributed by atoms with van der Waals surface area (Å²) in [5.41, 5.74) is 1.31. The molecular weight excluding hydrogens is 198 g/mol. The molecule has 0 bridgehead atoms. The van der Waals surface area contributed by atoms with Gasteiger partial charge in [0.25, 0.3) is 0 Å². The third-order valence-corrected chi connectivity index (χ3v) is 3.35. The Morgan fingerprint density at radius 1 is 1.25 bits per heavy atom. The van der Waals surface area contributed by atoms with Crippen molar-refractivity contribution in [3.05, 3.63) is 35.9 Å². The molecule has 1 saturated carbocycles. The second-order valence-corrected chi connectivity index (χ2v) is 4.49. The van der Waals surface area contributed by atoms with Gasteiger partial charge >= 0.3 is 0 Å². The molecule has 1 fully saturated rings. The minimum Gasteiger partial charge on any atom is -0.376 e. The van der Waals surface area contributed by atoms with Crippen LogP contribution in [-0.2, 0) is 4.74 Å². The lowest BCUT2D eigenvalue weighted by molar-refractivity contribution is 0.0439. The van der Waals surface area contributed by atoms with Crippen LogP contribution in [0, 0.1) is 0 Å². The fraction of sp³-hybridized carbons (Fsp3) is 0.571. The van der Waals surface area contributed by atoms with Crippen LogP contribution >= 0.6 is 0 Å². The van der Waals surface area contributed by atoms with Gasteiger partial charge in [-0.05, 0) is 25.5 Å². The fourth-order valence-electron chi connectivity index (χ4n) is 2.32. The fourth-order valence-corrected chi connectivity index (χ4v) is 2.32. The Labute approximate surface area is 98.0 Å². The molecular formula is C14H21NO. The maximum Gasteiger partial charge on any atom is 0.0665 e. The zero-order chi connectivity index (χ0) is 11.2. The lowest BCUT2D eigenvalue weighted by atomic mass is 10.1. The first-order valence-corrected chi connectivity index (χ1v) is 6.24. The third-order valence-electron chi connectivity index (χ3n) is 3.35. The maximum absolute atomic E-state index is 5.95. The summed E-state index contributed by atoms with van der Waals surface area (Å²) in [6.07, 6.45) is 5.65. The molecule has 2 heteroatoms. The van der Waals surface area contributed by atoms with Gasteiger partial charge in [0.2, 0.25) is 0 Å². The van der Waals surface area contributed by atoms with E-state index in [0.717, 1.165) is 6.61 Å². The molecule has 16 heavy (non-hydrogen) atoms. The van der Waals surface area contributed by atoms with Crippen molar-refractivity contribution in [3.8, 4) is 0 Å². The molecule has 1 aromatic carbocycles. The monoisotopic (exact) mass is 219 g/mol. The summed E-state index contributed by atoms with van der Waals surface area (Å²) in [5.74, 6) is 0. The Balaban J connectivity index is 1.85. The lowest BCUT2D eigenvalue weighted by Gasteiger charge is -2.19. The molecule has 0 radical (unpaired) electrons. The van der Waals surface area contributed by atoms with Gasteiger partial charge in [0.1, 0.15) is 0 Å². The molecule has 0 amide bonds. The Morgan fingerprint density at radius 2 is 1.94 bits per heavy atom. The van der Waals surface area contributed by atoms with E-state index in [0.29, 0.717) is 12.1 Å². The van der Waals surface area contributed by atoms with Crippen molar-refractivity contribution in [2.75, 3.05) is 13.7 Å². The van der Waals surface area contributed by atoms with Gasteiger partial charge in [-0.3, -0.25) is 0 Å². The van der Waals surface area contributed by atoms with Crippen molar-refractivity contribution in [1.82, 2.24) is 5.32 Å². The van der Waals surface area contributed by atoms with Crippen molar-refractivity contribution in [2.24, 2.45) is 0 Å². The Morgan fingerprint density at radius 3 is 2.56 bits per heavy atom. The molecule has 1 unspecified atom stereocenters. The molecule has 1 atom stereocenters. The lowest BCUT2D eigenvalue weighted by Crippen LogP contribution is -2.24. The quantitative estimate of drug-likeness (QED) is 0.822. The van der Waals surface area contributed by atoms with Crippen LogP contribution in [0.5, 0.6) is 0 Å². The average Bonchev–Trinajstić information content (AvgIpc) is 2.84. The molecule has 0 spiro atoms. The van der Waals surface area contributed by atoms with Gasteiger partial charge in [-0.25, -0.2) is 0 Å². The first-order valence-electron chi connectivity index (χ1n) is 6.24. The molecule has 88 valence electrons. The number of nitrogens with one attached hydrogen (secondary N) is 1. The number of rotatable bonds is 5. The number of ether oxygens (including phenoxy) is 1. The summed E-state index contributed by atoms with van der Waals surface area (Å²) < 4.78 is 5.95. The Kier molecular flexibility index (Phi) is 4.37. The molecule has 0 aliphatic heterocycles. The van der Waals surface area contributed by atoms with E-state index in [1.807, 2.05) is 13.1 Å². The highest BCUT2D eigenvalue weighted by Crippen LogP contribution is 2.22. The average molecular weight is 219 g/mol. The number of benzene rings is 1. The third kappa shape index (κ3) is 3.06. The van der Waals surface area contributed by atoms with E-state index in [1.165, 1.54) is 31.2 Å². The molecule has 1 aliphatic carbocycles. The second kappa shape index (κ2) is 6.02. The van der Waals surface area contributed by atoms with Crippen molar-refractivity contribution in [1.29, 1.82) is 0 Å². The van der Waals surface area contributed by atoms with E-state index in [2.05, 4.69) is 29.6 Å². The minimum absolute atomic E-state index is 0.321. The van der Waals surface area contributed by atoms with Gasteiger partial charge in [0.05, 0.1) is 18.8 Å². The van der Waals surface area contributed by atoms with E-state index in [-0.39, 0.29) is 0 Å². The summed E-state index contributed by atoms with van der Waals surface area (Å²) in [5, 5.41) is 3.32. The van der Waals surface area contributed by atoms with Crippen LogP contribution in [0.2, 0.25) is 0 Å². The van der Waals surface area contributed by atoms with E-state index in [9.17, 15) is 0 Å². The maximum atomic E-state index is 5.95. The van der Waals surface area contributed by atoms with Gasteiger partial charge in [-0.1, -0.05) is 43.2 Å². The van der Waals surface area contributed by atoms with E-state index in [4.69, 9.17) is 4.74 Å². The molecule has 1 aromatic rings. The summed E-state index contributed by atoms with van der Waals surface area (Å²) in [6.45, 7) is 0.783. The predicted molar refractivity (Wildman–Crippen MR) is 66.5 cm³/mol. The molecule has 2 nitrogen and oxygen atoms in total. The summed E-state index contributed by atoms with van der Waals surface area (Å²) in [7, 11) is 2.00. The normalized spacial score (nSPS) is 18.8. The van der Waals surface area contributed by atoms with Crippen LogP contribution in [0.3, 0.4) is 0 Å². The van der Waals surface area contributed by atoms with Crippen molar-refractivity contribution >= 4 is 0 Å². The minimum atomic E-state index is 0.321. The van der Waals surface area contributed by atoms with Gasteiger partial charge in [0.15, 0.2) is 0 Å². The largest absolute Gasteiger partial charge is 0.376 e. The molecule has 1 aliphatic rings. The highest BCUT2D eigenvalue weighted by Gasteiger charge is 2.17.